The lowest BCUT2D eigenvalue weighted by Gasteiger charge is -2.15. The van der Waals surface area contributed by atoms with E-state index in [4.69, 9.17) is 4.98 Å². The molecule has 1 heterocycles. The molecule has 180 valence electrons. The van der Waals surface area contributed by atoms with Crippen molar-refractivity contribution in [2.45, 2.75) is 65.7 Å². The minimum Gasteiger partial charge on any atom is -0.350 e. The lowest BCUT2D eigenvalue weighted by Crippen LogP contribution is -2.30. The first-order valence-electron chi connectivity index (χ1n) is 11.7. The summed E-state index contributed by atoms with van der Waals surface area (Å²) < 4.78 is 1.66. The number of ketones is 1. The van der Waals surface area contributed by atoms with Crippen LogP contribution in [0.25, 0.3) is 10.9 Å². The zero-order chi connectivity index (χ0) is 25.0. The summed E-state index contributed by atoms with van der Waals surface area (Å²) in [5, 5.41) is 3.83. The molecule has 0 fully saturated rings. The fraction of sp³-hybridized carbons (Fsp3) is 0.407. The minimum absolute atomic E-state index is 0.000942. The van der Waals surface area contributed by atoms with Gasteiger partial charge in [0.15, 0.2) is 10.9 Å². The van der Waals surface area contributed by atoms with Crippen molar-refractivity contribution in [3.63, 3.8) is 0 Å². The molecule has 1 N–H and O–H groups in total. The molecule has 1 aromatic heterocycles. The Morgan fingerprint density at radius 1 is 1.06 bits per heavy atom. The summed E-state index contributed by atoms with van der Waals surface area (Å²) in [4.78, 5) is 43.5. The summed E-state index contributed by atoms with van der Waals surface area (Å²) in [6.45, 7) is 12.4. The second kappa shape index (κ2) is 11.0. The summed E-state index contributed by atoms with van der Waals surface area (Å²) in [6, 6.07) is 10.8. The third-order valence-corrected chi connectivity index (χ3v) is 6.53. The number of Topliss-reactive ketones (excluding diaryl/α,β-unsaturated/α-hetero) is 1. The monoisotopic (exact) mass is 479 g/mol. The van der Waals surface area contributed by atoms with Gasteiger partial charge in [-0.1, -0.05) is 43.3 Å². The molecular weight excluding hydrogens is 446 g/mol. The number of hydrogen-bond acceptors (Lipinski definition) is 5. The van der Waals surface area contributed by atoms with Crippen molar-refractivity contribution >= 4 is 34.4 Å². The molecular formula is C27H33N3O3S. The van der Waals surface area contributed by atoms with Crippen LogP contribution in [0.4, 0.5) is 0 Å². The summed E-state index contributed by atoms with van der Waals surface area (Å²) in [7, 11) is 0. The molecule has 7 heteroatoms. The van der Waals surface area contributed by atoms with Crippen molar-refractivity contribution < 1.29 is 9.59 Å². The van der Waals surface area contributed by atoms with Crippen molar-refractivity contribution in [1.82, 2.24) is 14.9 Å². The summed E-state index contributed by atoms with van der Waals surface area (Å²) in [6.07, 6.45) is 0.820. The highest BCUT2D eigenvalue weighted by Gasteiger charge is 2.17. The number of carbonyl (C=O) groups is 2. The molecule has 0 atom stereocenters. The Balaban J connectivity index is 1.99. The van der Waals surface area contributed by atoms with E-state index < -0.39 is 0 Å². The van der Waals surface area contributed by atoms with Crippen LogP contribution in [0.3, 0.4) is 0 Å². The molecule has 34 heavy (non-hydrogen) atoms. The normalized spacial score (nSPS) is 11.4. The van der Waals surface area contributed by atoms with Gasteiger partial charge in [0.05, 0.1) is 16.7 Å². The number of aromatic nitrogens is 2. The van der Waals surface area contributed by atoms with Crippen LogP contribution in [0.1, 0.15) is 66.0 Å². The van der Waals surface area contributed by atoms with Gasteiger partial charge in [0, 0.05) is 23.7 Å². The van der Waals surface area contributed by atoms with Crippen LogP contribution in [0.2, 0.25) is 0 Å². The van der Waals surface area contributed by atoms with E-state index in [0.29, 0.717) is 39.6 Å². The van der Waals surface area contributed by atoms with Crippen LogP contribution in [-0.2, 0) is 6.54 Å². The number of benzene rings is 2. The molecule has 2 aromatic carbocycles. The third kappa shape index (κ3) is 6.14. The van der Waals surface area contributed by atoms with Gasteiger partial charge >= 0.3 is 0 Å². The average Bonchev–Trinajstić information content (AvgIpc) is 2.77. The number of carbonyl (C=O) groups excluding carboxylic acids is 2. The van der Waals surface area contributed by atoms with Gasteiger partial charge in [0.1, 0.15) is 0 Å². The van der Waals surface area contributed by atoms with E-state index in [1.807, 2.05) is 45.9 Å². The molecule has 0 spiro atoms. The summed E-state index contributed by atoms with van der Waals surface area (Å²) in [5.74, 6) is 0.388. The lowest BCUT2D eigenvalue weighted by molar-refractivity contribution is 0.0942. The Morgan fingerprint density at radius 3 is 2.47 bits per heavy atom. The number of nitrogens with zero attached hydrogens (tertiary/aromatic N) is 2. The van der Waals surface area contributed by atoms with Crippen molar-refractivity contribution in [3.8, 4) is 0 Å². The summed E-state index contributed by atoms with van der Waals surface area (Å²) >= 11 is 1.27. The number of fused-ring (bicyclic) bond motifs is 1. The van der Waals surface area contributed by atoms with Crippen LogP contribution in [0, 0.1) is 19.8 Å². The van der Waals surface area contributed by atoms with Crippen molar-refractivity contribution in [3.05, 3.63) is 69.0 Å². The van der Waals surface area contributed by atoms with Gasteiger partial charge in [-0.05, 0) is 69.9 Å². The number of aryl methyl sites for hydroxylation is 2. The maximum absolute atomic E-state index is 13.4. The molecule has 0 aliphatic heterocycles. The molecule has 3 rings (SSSR count). The predicted molar refractivity (Wildman–Crippen MR) is 139 cm³/mol. The first-order valence-corrected chi connectivity index (χ1v) is 12.6. The van der Waals surface area contributed by atoms with Crippen LogP contribution >= 0.6 is 11.8 Å². The molecule has 0 aliphatic carbocycles. The first kappa shape index (κ1) is 25.7. The van der Waals surface area contributed by atoms with Crippen molar-refractivity contribution in [2.75, 3.05) is 5.75 Å². The van der Waals surface area contributed by atoms with Crippen molar-refractivity contribution in [1.29, 1.82) is 0 Å². The Labute approximate surface area is 205 Å². The second-order valence-corrected chi connectivity index (χ2v) is 10.4. The van der Waals surface area contributed by atoms with Gasteiger partial charge < -0.3 is 5.32 Å². The zero-order valence-corrected chi connectivity index (χ0v) is 21.6. The highest BCUT2D eigenvalue weighted by molar-refractivity contribution is 7.99. The smallest absolute Gasteiger partial charge is 0.262 e. The van der Waals surface area contributed by atoms with Gasteiger partial charge in [-0.2, -0.15) is 0 Å². The molecule has 6 nitrogen and oxygen atoms in total. The third-order valence-electron chi connectivity index (χ3n) is 5.56. The molecule has 0 saturated heterocycles. The highest BCUT2D eigenvalue weighted by Crippen LogP contribution is 2.22. The SMILES string of the molecule is Cc1ccc(C)c(C(=O)CSc2nc3cc(C(=O)NC(C)C)ccc3c(=O)n2CCC(C)C)c1. The topological polar surface area (TPSA) is 81.1 Å². The first-order chi connectivity index (χ1) is 16.1. The largest absolute Gasteiger partial charge is 0.350 e. The maximum atomic E-state index is 13.4. The number of rotatable bonds is 9. The molecule has 1 amide bonds. The Morgan fingerprint density at radius 2 is 1.79 bits per heavy atom. The summed E-state index contributed by atoms with van der Waals surface area (Å²) in [5.41, 5.74) is 3.42. The standard InChI is InChI=1S/C27H33N3O3S/c1-16(2)11-12-30-26(33)21-10-9-20(25(32)28-17(3)4)14-23(21)29-27(30)34-15-24(31)22-13-18(5)7-8-19(22)6/h7-10,13-14,16-17H,11-12,15H2,1-6H3,(H,28,32). The number of hydrogen-bond donors (Lipinski definition) is 1. The van der Waals surface area contributed by atoms with Crippen LogP contribution in [-0.4, -0.2) is 33.0 Å². The molecule has 3 aromatic rings. The molecule has 0 unspecified atom stereocenters. The predicted octanol–water partition coefficient (Wildman–Crippen LogP) is 5.17. The number of thioether (sulfide) groups is 1. The maximum Gasteiger partial charge on any atom is 0.262 e. The molecule has 0 aliphatic rings. The van der Waals surface area contributed by atoms with Crippen LogP contribution in [0.5, 0.6) is 0 Å². The van der Waals surface area contributed by atoms with E-state index in [1.165, 1.54) is 11.8 Å². The van der Waals surface area contributed by atoms with Gasteiger partial charge in [0.2, 0.25) is 0 Å². The fourth-order valence-corrected chi connectivity index (χ4v) is 4.53. The zero-order valence-electron chi connectivity index (χ0n) is 20.8. The van der Waals surface area contributed by atoms with Crippen LogP contribution in [0.15, 0.2) is 46.3 Å². The quantitative estimate of drug-likeness (QED) is 0.260. The Bertz CT molecular complexity index is 1280. The van der Waals surface area contributed by atoms with Crippen LogP contribution < -0.4 is 10.9 Å². The lowest BCUT2D eigenvalue weighted by atomic mass is 10.0. The Hall–Kier alpha value is -2.93. The van der Waals surface area contributed by atoms with Crippen molar-refractivity contribution in [2.24, 2.45) is 5.92 Å². The van der Waals surface area contributed by atoms with E-state index in [0.717, 1.165) is 17.5 Å². The second-order valence-electron chi connectivity index (χ2n) is 9.42. The van der Waals surface area contributed by atoms with Gasteiger partial charge in [0.25, 0.3) is 11.5 Å². The minimum atomic E-state index is -0.206. The Kier molecular flexibility index (Phi) is 8.31. The van der Waals surface area contributed by atoms with E-state index >= 15 is 0 Å². The van der Waals surface area contributed by atoms with E-state index in [1.54, 1.807) is 22.8 Å². The van der Waals surface area contributed by atoms with Gasteiger partial charge in [-0.15, -0.1) is 0 Å². The number of nitrogens with one attached hydrogen (secondary N) is 1. The average molecular weight is 480 g/mol. The number of amides is 1. The molecule has 0 saturated carbocycles. The van der Waals surface area contributed by atoms with E-state index in [9.17, 15) is 14.4 Å². The molecule has 0 bridgehead atoms. The molecule has 0 radical (unpaired) electrons. The highest BCUT2D eigenvalue weighted by atomic mass is 32.2. The van der Waals surface area contributed by atoms with E-state index in [-0.39, 0.29) is 29.0 Å². The van der Waals surface area contributed by atoms with E-state index in [2.05, 4.69) is 19.2 Å². The fourth-order valence-electron chi connectivity index (χ4n) is 3.63. The van der Waals surface area contributed by atoms with Gasteiger partial charge in [-0.3, -0.25) is 19.0 Å². The van der Waals surface area contributed by atoms with Gasteiger partial charge in [-0.25, -0.2) is 4.98 Å².